The van der Waals surface area contributed by atoms with Crippen molar-refractivity contribution in [1.29, 1.82) is 0 Å². The largest absolute Gasteiger partial charge is 0.383 e. The number of hydrogen-bond donors (Lipinski definition) is 1. The fourth-order valence-electron chi connectivity index (χ4n) is 1.92. The van der Waals surface area contributed by atoms with Gasteiger partial charge in [-0.1, -0.05) is 18.2 Å². The maximum absolute atomic E-state index is 5.66. The van der Waals surface area contributed by atoms with Crippen LogP contribution < -0.4 is 5.73 Å². The number of anilines is 1. The van der Waals surface area contributed by atoms with Crippen LogP contribution in [-0.4, -0.2) is 9.55 Å². The molecule has 16 heavy (non-hydrogen) atoms. The SMILES string of the molecule is Cn1cc(-c2nc(N)cs2)c2ccccc21. The molecule has 2 heterocycles. The number of rotatable bonds is 1. The van der Waals surface area contributed by atoms with Crippen LogP contribution in [0.5, 0.6) is 0 Å². The zero-order chi connectivity index (χ0) is 11.1. The minimum absolute atomic E-state index is 0.591. The third-order valence-corrected chi connectivity index (χ3v) is 3.54. The van der Waals surface area contributed by atoms with Crippen molar-refractivity contribution in [2.24, 2.45) is 7.05 Å². The van der Waals surface area contributed by atoms with E-state index in [1.807, 2.05) is 24.6 Å². The van der Waals surface area contributed by atoms with Gasteiger partial charge < -0.3 is 10.3 Å². The minimum atomic E-state index is 0.591. The van der Waals surface area contributed by atoms with Gasteiger partial charge in [0.05, 0.1) is 0 Å². The van der Waals surface area contributed by atoms with Crippen molar-refractivity contribution in [2.75, 3.05) is 5.73 Å². The van der Waals surface area contributed by atoms with E-state index in [1.165, 1.54) is 10.9 Å². The molecule has 0 spiro atoms. The molecule has 2 aromatic heterocycles. The second kappa shape index (κ2) is 3.35. The first-order chi connectivity index (χ1) is 7.75. The third-order valence-electron chi connectivity index (χ3n) is 2.65. The maximum Gasteiger partial charge on any atom is 0.135 e. The first-order valence-electron chi connectivity index (χ1n) is 5.01. The van der Waals surface area contributed by atoms with Gasteiger partial charge in [0.2, 0.25) is 0 Å². The van der Waals surface area contributed by atoms with Crippen LogP contribution in [0.4, 0.5) is 5.82 Å². The van der Waals surface area contributed by atoms with Crippen LogP contribution in [0.3, 0.4) is 0 Å². The zero-order valence-corrected chi connectivity index (χ0v) is 9.66. The highest BCUT2D eigenvalue weighted by atomic mass is 32.1. The van der Waals surface area contributed by atoms with E-state index in [4.69, 9.17) is 5.73 Å². The lowest BCUT2D eigenvalue weighted by atomic mass is 10.2. The standard InChI is InChI=1S/C12H11N3S/c1-15-6-9(12-14-11(13)7-16-12)8-4-2-3-5-10(8)15/h2-7H,13H2,1H3. The summed E-state index contributed by atoms with van der Waals surface area (Å²) in [6, 6.07) is 8.31. The monoisotopic (exact) mass is 229 g/mol. The number of aromatic nitrogens is 2. The molecular weight excluding hydrogens is 218 g/mol. The molecular formula is C12H11N3S. The van der Waals surface area contributed by atoms with Gasteiger partial charge in [0.25, 0.3) is 0 Å². The van der Waals surface area contributed by atoms with Crippen LogP contribution in [0, 0.1) is 0 Å². The van der Waals surface area contributed by atoms with Crippen molar-refractivity contribution in [2.45, 2.75) is 0 Å². The van der Waals surface area contributed by atoms with Gasteiger partial charge in [-0.05, 0) is 6.07 Å². The number of benzene rings is 1. The molecule has 0 aliphatic rings. The van der Waals surface area contributed by atoms with E-state index in [9.17, 15) is 0 Å². The summed E-state index contributed by atoms with van der Waals surface area (Å²) >= 11 is 1.58. The fraction of sp³-hybridized carbons (Fsp3) is 0.0833. The Balaban J connectivity index is 2.32. The lowest BCUT2D eigenvalue weighted by molar-refractivity contribution is 0.970. The van der Waals surface area contributed by atoms with Crippen molar-refractivity contribution >= 4 is 28.1 Å². The molecule has 0 amide bonds. The fourth-order valence-corrected chi connectivity index (χ4v) is 2.65. The Morgan fingerprint density at radius 2 is 2.12 bits per heavy atom. The highest BCUT2D eigenvalue weighted by Gasteiger charge is 2.10. The van der Waals surface area contributed by atoms with E-state index < -0.39 is 0 Å². The first kappa shape index (κ1) is 9.42. The summed E-state index contributed by atoms with van der Waals surface area (Å²) < 4.78 is 2.11. The number of fused-ring (bicyclic) bond motifs is 1. The van der Waals surface area contributed by atoms with Gasteiger partial charge in [-0.15, -0.1) is 11.3 Å². The molecule has 0 bridgehead atoms. The van der Waals surface area contributed by atoms with Gasteiger partial charge in [-0.25, -0.2) is 4.98 Å². The summed E-state index contributed by atoms with van der Waals surface area (Å²) in [5, 5.41) is 4.07. The summed E-state index contributed by atoms with van der Waals surface area (Å²) in [6.45, 7) is 0. The number of nitrogens with two attached hydrogens (primary N) is 1. The van der Waals surface area contributed by atoms with Crippen molar-refractivity contribution < 1.29 is 0 Å². The summed E-state index contributed by atoms with van der Waals surface area (Å²) in [5.41, 5.74) is 8.03. The second-order valence-corrected chi connectivity index (χ2v) is 4.61. The first-order valence-corrected chi connectivity index (χ1v) is 5.89. The lowest BCUT2D eigenvalue weighted by Crippen LogP contribution is -1.83. The van der Waals surface area contributed by atoms with E-state index in [1.54, 1.807) is 11.3 Å². The van der Waals surface area contributed by atoms with Crippen LogP contribution in [0.25, 0.3) is 21.5 Å². The predicted molar refractivity (Wildman–Crippen MR) is 68.4 cm³/mol. The van der Waals surface area contributed by atoms with E-state index in [-0.39, 0.29) is 0 Å². The molecule has 0 aliphatic carbocycles. The van der Waals surface area contributed by atoms with Crippen molar-refractivity contribution in [3.8, 4) is 10.6 Å². The topological polar surface area (TPSA) is 43.8 Å². The lowest BCUT2D eigenvalue weighted by Gasteiger charge is -1.93. The average Bonchev–Trinajstić information content (AvgIpc) is 2.84. The molecule has 2 N–H and O–H groups in total. The molecule has 0 fully saturated rings. The number of nitrogen functional groups attached to an aromatic ring is 1. The summed E-state index contributed by atoms with van der Waals surface area (Å²) in [6.07, 6.45) is 2.10. The smallest absolute Gasteiger partial charge is 0.135 e. The number of hydrogen-bond acceptors (Lipinski definition) is 3. The molecule has 1 aromatic carbocycles. The Bertz CT molecular complexity index is 651. The molecule has 0 aliphatic heterocycles. The van der Waals surface area contributed by atoms with Crippen LogP contribution in [0.15, 0.2) is 35.8 Å². The quantitative estimate of drug-likeness (QED) is 0.697. The van der Waals surface area contributed by atoms with Crippen LogP contribution in [0.1, 0.15) is 0 Å². The Morgan fingerprint density at radius 1 is 1.31 bits per heavy atom. The van der Waals surface area contributed by atoms with Gasteiger partial charge in [0.15, 0.2) is 0 Å². The zero-order valence-electron chi connectivity index (χ0n) is 8.84. The van der Waals surface area contributed by atoms with Crippen LogP contribution in [-0.2, 0) is 7.05 Å². The molecule has 4 heteroatoms. The Kier molecular flexibility index (Phi) is 1.97. The van der Waals surface area contributed by atoms with Crippen molar-refractivity contribution in [3.63, 3.8) is 0 Å². The van der Waals surface area contributed by atoms with Gasteiger partial charge in [-0.3, -0.25) is 0 Å². The maximum atomic E-state index is 5.66. The number of nitrogens with zero attached hydrogens (tertiary/aromatic N) is 2. The van der Waals surface area contributed by atoms with Gasteiger partial charge in [0, 0.05) is 35.1 Å². The van der Waals surface area contributed by atoms with Gasteiger partial charge in [-0.2, -0.15) is 0 Å². The minimum Gasteiger partial charge on any atom is -0.383 e. The van der Waals surface area contributed by atoms with E-state index in [2.05, 4.69) is 27.9 Å². The Morgan fingerprint density at radius 3 is 2.88 bits per heavy atom. The van der Waals surface area contributed by atoms with E-state index in [0.29, 0.717) is 5.82 Å². The van der Waals surface area contributed by atoms with Gasteiger partial charge >= 0.3 is 0 Å². The van der Waals surface area contributed by atoms with Gasteiger partial charge in [0.1, 0.15) is 10.8 Å². The molecule has 3 rings (SSSR count). The Hall–Kier alpha value is -1.81. The molecule has 0 saturated carbocycles. The van der Waals surface area contributed by atoms with Crippen LogP contribution >= 0.6 is 11.3 Å². The highest BCUT2D eigenvalue weighted by molar-refractivity contribution is 7.13. The summed E-state index contributed by atoms with van der Waals surface area (Å²) in [7, 11) is 2.04. The predicted octanol–water partition coefficient (Wildman–Crippen LogP) is 2.88. The number of thiazole rings is 1. The second-order valence-electron chi connectivity index (χ2n) is 3.75. The van der Waals surface area contributed by atoms with E-state index >= 15 is 0 Å². The molecule has 3 aromatic rings. The molecule has 0 unspecified atom stereocenters. The molecule has 3 nitrogen and oxygen atoms in total. The summed E-state index contributed by atoms with van der Waals surface area (Å²) in [4.78, 5) is 4.33. The number of para-hydroxylation sites is 1. The normalized spacial score (nSPS) is 11.1. The van der Waals surface area contributed by atoms with Crippen molar-refractivity contribution in [3.05, 3.63) is 35.8 Å². The molecule has 0 atom stereocenters. The molecule has 80 valence electrons. The van der Waals surface area contributed by atoms with Crippen molar-refractivity contribution in [1.82, 2.24) is 9.55 Å². The Labute approximate surface area is 97.2 Å². The van der Waals surface area contributed by atoms with E-state index in [0.717, 1.165) is 10.6 Å². The third kappa shape index (κ3) is 1.31. The summed E-state index contributed by atoms with van der Waals surface area (Å²) in [5.74, 6) is 0.591. The molecule has 0 saturated heterocycles. The highest BCUT2D eigenvalue weighted by Crippen LogP contribution is 2.32. The van der Waals surface area contributed by atoms with Crippen LogP contribution in [0.2, 0.25) is 0 Å². The average molecular weight is 229 g/mol. The number of aryl methyl sites for hydroxylation is 1. The molecule has 0 radical (unpaired) electrons.